The number of anilines is 1. The average molecular weight is 445 g/mol. The molecule has 0 aliphatic carbocycles. The van der Waals surface area contributed by atoms with Crippen LogP contribution in [0.15, 0.2) is 41.8 Å². The van der Waals surface area contributed by atoms with Crippen LogP contribution in [0.4, 0.5) is 10.5 Å². The molecule has 3 rings (SSSR count). The number of carbonyl (C=O) groups excluding carboxylic acids is 5. The second-order valence-corrected chi connectivity index (χ2v) is 8.59. The van der Waals surface area contributed by atoms with Crippen molar-refractivity contribution in [1.29, 1.82) is 0 Å². The Bertz CT molecular complexity index is 938. The Kier molecular flexibility index (Phi) is 7.53. The number of rotatable bonds is 10. The van der Waals surface area contributed by atoms with E-state index in [1.807, 2.05) is 5.38 Å². The first-order valence-electron chi connectivity index (χ1n) is 9.36. The van der Waals surface area contributed by atoms with Crippen molar-refractivity contribution in [3.8, 4) is 0 Å². The van der Waals surface area contributed by atoms with E-state index in [1.165, 1.54) is 16.2 Å². The van der Waals surface area contributed by atoms with E-state index in [0.717, 1.165) is 17.3 Å². The van der Waals surface area contributed by atoms with Gasteiger partial charge in [0.15, 0.2) is 5.78 Å². The molecule has 1 fully saturated rings. The third-order valence-corrected chi connectivity index (χ3v) is 6.25. The van der Waals surface area contributed by atoms with Crippen LogP contribution in [-0.2, 0) is 20.9 Å². The maximum absolute atomic E-state index is 12.1. The molecule has 1 aromatic carbocycles. The van der Waals surface area contributed by atoms with E-state index in [1.54, 1.807) is 36.4 Å². The van der Waals surface area contributed by atoms with Crippen molar-refractivity contribution in [2.45, 2.75) is 32.2 Å². The van der Waals surface area contributed by atoms with Crippen LogP contribution in [0.25, 0.3) is 0 Å². The third kappa shape index (κ3) is 6.11. The summed E-state index contributed by atoms with van der Waals surface area (Å²) in [5, 5.41) is 4.28. The number of imide groups is 1. The molecule has 2 heterocycles. The van der Waals surface area contributed by atoms with Crippen LogP contribution in [0.3, 0.4) is 0 Å². The van der Waals surface area contributed by atoms with E-state index >= 15 is 0 Å². The molecule has 0 atom stereocenters. The Labute approximate surface area is 181 Å². The zero-order valence-corrected chi connectivity index (χ0v) is 17.7. The van der Waals surface area contributed by atoms with Gasteiger partial charge in [0.1, 0.15) is 5.78 Å². The van der Waals surface area contributed by atoms with E-state index < -0.39 is 0 Å². The van der Waals surface area contributed by atoms with Gasteiger partial charge >= 0.3 is 0 Å². The van der Waals surface area contributed by atoms with E-state index in [9.17, 15) is 24.0 Å². The van der Waals surface area contributed by atoms with Gasteiger partial charge in [0.05, 0.1) is 17.2 Å². The lowest BCUT2D eigenvalue weighted by Gasteiger charge is -2.13. The summed E-state index contributed by atoms with van der Waals surface area (Å²) < 4.78 is 0. The minimum Gasteiger partial charge on any atom is -0.326 e. The first-order valence-corrected chi connectivity index (χ1v) is 11.2. The van der Waals surface area contributed by atoms with Crippen molar-refractivity contribution >= 4 is 57.4 Å². The number of amides is 3. The highest BCUT2D eigenvalue weighted by molar-refractivity contribution is 8.14. The van der Waals surface area contributed by atoms with Crippen LogP contribution in [-0.4, -0.2) is 39.3 Å². The van der Waals surface area contributed by atoms with Gasteiger partial charge in [-0.3, -0.25) is 28.9 Å². The molecule has 0 radical (unpaired) electrons. The summed E-state index contributed by atoms with van der Waals surface area (Å²) in [7, 11) is 0. The predicted molar refractivity (Wildman–Crippen MR) is 116 cm³/mol. The number of nitrogens with one attached hydrogen (secondary N) is 1. The molecule has 156 valence electrons. The molecule has 2 aromatic rings. The summed E-state index contributed by atoms with van der Waals surface area (Å²) in [6.07, 6.45) is 0.411. The number of nitrogens with zero attached hydrogens (tertiary/aromatic N) is 1. The summed E-state index contributed by atoms with van der Waals surface area (Å²) in [6, 6.07) is 10.4. The normalized spacial score (nSPS) is 13.5. The Hall–Kier alpha value is -2.78. The summed E-state index contributed by atoms with van der Waals surface area (Å²) in [5.74, 6) is -0.499. The topological polar surface area (TPSA) is 101 Å². The molecular formula is C21H20N2O5S2. The summed E-state index contributed by atoms with van der Waals surface area (Å²) >= 11 is 2.34. The molecule has 3 amide bonds. The Balaban J connectivity index is 1.39. The lowest BCUT2D eigenvalue weighted by atomic mass is 10.1. The second kappa shape index (κ2) is 10.3. The molecule has 7 nitrogen and oxygen atoms in total. The second-order valence-electron chi connectivity index (χ2n) is 6.72. The molecule has 1 aromatic heterocycles. The van der Waals surface area contributed by atoms with E-state index in [4.69, 9.17) is 0 Å². The van der Waals surface area contributed by atoms with Crippen LogP contribution in [0.1, 0.15) is 40.9 Å². The van der Waals surface area contributed by atoms with Gasteiger partial charge in [-0.1, -0.05) is 30.0 Å². The monoisotopic (exact) mass is 444 g/mol. The number of thioether (sulfide) groups is 1. The highest BCUT2D eigenvalue weighted by atomic mass is 32.2. The number of ketones is 2. The minimum atomic E-state index is -0.290. The van der Waals surface area contributed by atoms with Gasteiger partial charge in [0, 0.05) is 31.4 Å². The summed E-state index contributed by atoms with van der Waals surface area (Å²) in [4.78, 5) is 61.0. The van der Waals surface area contributed by atoms with Crippen LogP contribution < -0.4 is 5.32 Å². The molecular weight excluding hydrogens is 424 g/mol. The van der Waals surface area contributed by atoms with Crippen molar-refractivity contribution in [2.24, 2.45) is 0 Å². The van der Waals surface area contributed by atoms with Crippen molar-refractivity contribution in [2.75, 3.05) is 11.1 Å². The molecule has 1 aliphatic rings. The summed E-state index contributed by atoms with van der Waals surface area (Å²) in [6.45, 7) is 0.206. The standard InChI is InChI=1S/C21H20N2O5S2/c24-16(7-9-17(25)18-2-1-11-29-18)8-10-19(26)22-15-5-3-14(4-6-15)12-23-20(27)13-30-21(23)28/h1-6,11H,7-10,12-13H2,(H,22,26). The number of benzene rings is 1. The fraction of sp³-hybridized carbons (Fsp3) is 0.286. The Morgan fingerprint density at radius 3 is 2.33 bits per heavy atom. The average Bonchev–Trinajstić information content (AvgIpc) is 3.38. The van der Waals surface area contributed by atoms with Crippen molar-refractivity contribution in [3.05, 3.63) is 52.2 Å². The van der Waals surface area contributed by atoms with Crippen LogP contribution in [0.2, 0.25) is 0 Å². The first kappa shape index (κ1) is 21.9. The number of hydrogen-bond donors (Lipinski definition) is 1. The zero-order valence-electron chi connectivity index (χ0n) is 16.1. The molecule has 1 N–H and O–H groups in total. The van der Waals surface area contributed by atoms with Crippen molar-refractivity contribution < 1.29 is 24.0 Å². The molecule has 0 bridgehead atoms. The largest absolute Gasteiger partial charge is 0.326 e. The van der Waals surface area contributed by atoms with Gasteiger partial charge in [0.25, 0.3) is 5.24 Å². The number of Topliss-reactive ketones (excluding diaryl/α,β-unsaturated/α-hetero) is 2. The highest BCUT2D eigenvalue weighted by Gasteiger charge is 2.29. The Morgan fingerprint density at radius 1 is 0.967 bits per heavy atom. The molecule has 0 spiro atoms. The lowest BCUT2D eigenvalue weighted by Crippen LogP contribution is -2.27. The van der Waals surface area contributed by atoms with Gasteiger partial charge in [-0.05, 0) is 29.1 Å². The maximum atomic E-state index is 12.1. The quantitative estimate of drug-likeness (QED) is 0.558. The minimum absolute atomic E-state index is 0.0434. The van der Waals surface area contributed by atoms with Crippen LogP contribution >= 0.6 is 23.1 Å². The van der Waals surface area contributed by atoms with E-state index in [-0.39, 0.29) is 66.6 Å². The Morgan fingerprint density at radius 2 is 1.70 bits per heavy atom. The first-order chi connectivity index (χ1) is 14.4. The maximum Gasteiger partial charge on any atom is 0.289 e. The van der Waals surface area contributed by atoms with Gasteiger partial charge < -0.3 is 5.32 Å². The number of thiophene rings is 1. The zero-order chi connectivity index (χ0) is 21.5. The SMILES string of the molecule is O=C(CCC(=O)Nc1ccc(CN2C(=O)CSC2=O)cc1)CCC(=O)c1cccs1. The molecule has 1 aliphatic heterocycles. The molecule has 1 saturated heterocycles. The van der Waals surface area contributed by atoms with Crippen LogP contribution in [0, 0.1) is 0 Å². The van der Waals surface area contributed by atoms with Gasteiger partial charge in [-0.2, -0.15) is 0 Å². The van der Waals surface area contributed by atoms with E-state index in [0.29, 0.717) is 10.6 Å². The van der Waals surface area contributed by atoms with E-state index in [2.05, 4.69) is 5.32 Å². The van der Waals surface area contributed by atoms with Gasteiger partial charge in [-0.15, -0.1) is 11.3 Å². The molecule has 0 unspecified atom stereocenters. The fourth-order valence-corrected chi connectivity index (χ4v) is 4.24. The number of hydrogen-bond acceptors (Lipinski definition) is 7. The summed E-state index contributed by atoms with van der Waals surface area (Å²) in [5.41, 5.74) is 1.35. The highest BCUT2D eigenvalue weighted by Crippen LogP contribution is 2.22. The molecule has 30 heavy (non-hydrogen) atoms. The van der Waals surface area contributed by atoms with Gasteiger partial charge in [0.2, 0.25) is 11.8 Å². The fourth-order valence-electron chi connectivity index (χ4n) is 2.82. The van der Waals surface area contributed by atoms with Gasteiger partial charge in [-0.25, -0.2) is 0 Å². The predicted octanol–water partition coefficient (Wildman–Crippen LogP) is 3.89. The lowest BCUT2D eigenvalue weighted by molar-refractivity contribution is -0.125. The molecule has 9 heteroatoms. The molecule has 0 saturated carbocycles. The van der Waals surface area contributed by atoms with Crippen molar-refractivity contribution in [1.82, 2.24) is 4.90 Å². The van der Waals surface area contributed by atoms with Crippen LogP contribution in [0.5, 0.6) is 0 Å². The smallest absolute Gasteiger partial charge is 0.289 e. The van der Waals surface area contributed by atoms with Crippen molar-refractivity contribution in [3.63, 3.8) is 0 Å². The third-order valence-electron chi connectivity index (χ3n) is 4.48. The number of carbonyl (C=O) groups is 5.